The molecule has 0 radical (unpaired) electrons. The molecule has 0 aromatic carbocycles. The molecule has 1 aliphatic rings. The van der Waals surface area contributed by atoms with Gasteiger partial charge in [-0.2, -0.15) is 0 Å². The van der Waals surface area contributed by atoms with E-state index < -0.39 is 17.7 Å². The van der Waals surface area contributed by atoms with E-state index in [1.165, 1.54) is 6.92 Å². The van der Waals surface area contributed by atoms with Crippen LogP contribution in [-0.4, -0.2) is 34.5 Å². The highest BCUT2D eigenvalue weighted by molar-refractivity contribution is 5.77. The fourth-order valence-corrected chi connectivity index (χ4v) is 0.997. The van der Waals surface area contributed by atoms with Crippen molar-refractivity contribution in [3.8, 4) is 0 Å². The second-order valence-electron chi connectivity index (χ2n) is 2.70. The van der Waals surface area contributed by atoms with E-state index in [1.807, 2.05) is 0 Å². The van der Waals surface area contributed by atoms with Crippen LogP contribution < -0.4 is 0 Å². The molecule has 0 aromatic heterocycles. The summed E-state index contributed by atoms with van der Waals surface area (Å²) in [6.45, 7) is 1.59. The van der Waals surface area contributed by atoms with Gasteiger partial charge in [0.1, 0.15) is 0 Å². The Hall–Kier alpha value is -0.610. The maximum Gasteiger partial charge on any atom is 0.335 e. The smallest absolute Gasteiger partial charge is 0.335 e. The maximum absolute atomic E-state index is 10.4. The lowest BCUT2D eigenvalue weighted by Gasteiger charge is -2.15. The van der Waals surface area contributed by atoms with Gasteiger partial charge < -0.3 is 14.9 Å². The summed E-state index contributed by atoms with van der Waals surface area (Å²) < 4.78 is 4.86. The summed E-state index contributed by atoms with van der Waals surface area (Å²) in [5, 5.41) is 17.5. The molecule has 1 aliphatic heterocycles. The molecule has 0 spiro atoms. The van der Waals surface area contributed by atoms with Crippen LogP contribution >= 0.6 is 0 Å². The van der Waals surface area contributed by atoms with Gasteiger partial charge in [0.15, 0.2) is 5.60 Å². The second kappa shape index (κ2) is 2.21. The van der Waals surface area contributed by atoms with E-state index in [2.05, 4.69) is 0 Å². The predicted octanol–water partition coefficient (Wildman–Crippen LogP) is -0.389. The largest absolute Gasteiger partial charge is 0.479 e. The van der Waals surface area contributed by atoms with Crippen molar-refractivity contribution in [1.29, 1.82) is 0 Å². The zero-order chi connectivity index (χ0) is 7.78. The second-order valence-corrected chi connectivity index (χ2v) is 2.70. The Labute approximate surface area is 58.4 Å². The third-order valence-electron chi connectivity index (χ3n) is 1.67. The predicted molar refractivity (Wildman–Crippen MR) is 32.6 cm³/mol. The van der Waals surface area contributed by atoms with Crippen LogP contribution in [0.25, 0.3) is 0 Å². The number of aliphatic hydroxyl groups is 1. The molecular weight excluding hydrogens is 136 g/mol. The Bertz CT molecular complexity index is 156. The first-order chi connectivity index (χ1) is 4.54. The summed E-state index contributed by atoms with van der Waals surface area (Å²) in [6.07, 6.45) is -0.441. The van der Waals surface area contributed by atoms with E-state index in [0.717, 1.165) is 0 Å². The minimum absolute atomic E-state index is 0.128. The van der Waals surface area contributed by atoms with Gasteiger partial charge in [0.25, 0.3) is 0 Å². The molecule has 1 heterocycles. The first-order valence-corrected chi connectivity index (χ1v) is 3.10. The molecule has 4 nitrogen and oxygen atoms in total. The number of rotatable bonds is 1. The van der Waals surface area contributed by atoms with Gasteiger partial charge in [0.05, 0.1) is 12.7 Å². The molecule has 1 fully saturated rings. The number of hydrogen-bond donors (Lipinski definition) is 2. The van der Waals surface area contributed by atoms with E-state index in [9.17, 15) is 4.79 Å². The minimum Gasteiger partial charge on any atom is -0.479 e. The summed E-state index contributed by atoms with van der Waals surface area (Å²) in [5.74, 6) is -1.01. The van der Waals surface area contributed by atoms with Crippen LogP contribution in [0.3, 0.4) is 0 Å². The van der Waals surface area contributed by atoms with E-state index in [1.54, 1.807) is 0 Å². The van der Waals surface area contributed by atoms with Gasteiger partial charge >= 0.3 is 5.97 Å². The quantitative estimate of drug-likeness (QED) is 0.528. The molecule has 10 heavy (non-hydrogen) atoms. The van der Waals surface area contributed by atoms with Gasteiger partial charge in [-0.25, -0.2) is 4.79 Å². The van der Waals surface area contributed by atoms with Crippen molar-refractivity contribution in [3.05, 3.63) is 0 Å². The van der Waals surface area contributed by atoms with Crippen molar-refractivity contribution in [2.45, 2.75) is 25.0 Å². The number of carboxylic acids is 1. The number of carbonyl (C=O) groups is 1. The molecule has 0 bridgehead atoms. The van der Waals surface area contributed by atoms with Crippen LogP contribution in [0.5, 0.6) is 0 Å². The minimum atomic E-state index is -1.17. The highest BCUT2D eigenvalue weighted by Gasteiger charge is 2.42. The van der Waals surface area contributed by atoms with Gasteiger partial charge in [0, 0.05) is 6.42 Å². The highest BCUT2D eigenvalue weighted by Crippen LogP contribution is 2.25. The Morgan fingerprint density at radius 3 is 2.60 bits per heavy atom. The topological polar surface area (TPSA) is 66.8 Å². The van der Waals surface area contributed by atoms with Crippen molar-refractivity contribution in [2.75, 3.05) is 6.61 Å². The molecule has 2 N–H and O–H groups in total. The molecule has 0 amide bonds. The third-order valence-corrected chi connectivity index (χ3v) is 1.67. The lowest BCUT2D eigenvalue weighted by molar-refractivity contribution is -0.157. The molecule has 4 heteroatoms. The summed E-state index contributed by atoms with van der Waals surface area (Å²) in [7, 11) is 0. The SMILES string of the molecule is CC1(C(=O)O)CC(O)CO1. The Morgan fingerprint density at radius 1 is 1.80 bits per heavy atom. The van der Waals surface area contributed by atoms with Crippen LogP contribution in [0.2, 0.25) is 0 Å². The standard InChI is InChI=1S/C6H10O4/c1-6(5(8)9)2-4(7)3-10-6/h4,7H,2-3H2,1H3,(H,8,9). The fourth-order valence-electron chi connectivity index (χ4n) is 0.997. The normalized spacial score (nSPS) is 40.0. The molecule has 1 saturated heterocycles. The van der Waals surface area contributed by atoms with Gasteiger partial charge in [-0.1, -0.05) is 0 Å². The van der Waals surface area contributed by atoms with Gasteiger partial charge in [0.2, 0.25) is 0 Å². The van der Waals surface area contributed by atoms with Crippen molar-refractivity contribution in [2.24, 2.45) is 0 Å². The van der Waals surface area contributed by atoms with Crippen LogP contribution in [-0.2, 0) is 9.53 Å². The lowest BCUT2D eigenvalue weighted by Crippen LogP contribution is -2.34. The molecule has 0 saturated carbocycles. The highest BCUT2D eigenvalue weighted by atomic mass is 16.5. The van der Waals surface area contributed by atoms with Crippen molar-refractivity contribution in [3.63, 3.8) is 0 Å². The zero-order valence-corrected chi connectivity index (χ0v) is 5.70. The van der Waals surface area contributed by atoms with E-state index in [0.29, 0.717) is 0 Å². The number of carboxylic acid groups (broad SMARTS) is 1. The number of hydrogen-bond acceptors (Lipinski definition) is 3. The van der Waals surface area contributed by atoms with Crippen molar-refractivity contribution < 1.29 is 19.7 Å². The number of aliphatic hydroxyl groups excluding tert-OH is 1. The monoisotopic (exact) mass is 146 g/mol. The van der Waals surface area contributed by atoms with Crippen LogP contribution in [0, 0.1) is 0 Å². The zero-order valence-electron chi connectivity index (χ0n) is 5.70. The molecule has 2 unspecified atom stereocenters. The Morgan fingerprint density at radius 2 is 2.40 bits per heavy atom. The summed E-state index contributed by atoms with van der Waals surface area (Å²) in [4.78, 5) is 10.4. The average Bonchev–Trinajstić information content (AvgIpc) is 2.13. The molecule has 0 aromatic rings. The molecule has 58 valence electrons. The van der Waals surface area contributed by atoms with Crippen LogP contribution in [0.1, 0.15) is 13.3 Å². The van der Waals surface area contributed by atoms with Crippen molar-refractivity contribution in [1.82, 2.24) is 0 Å². The maximum atomic E-state index is 10.4. The lowest BCUT2D eigenvalue weighted by atomic mass is 10.0. The molecule has 1 rings (SSSR count). The van der Waals surface area contributed by atoms with E-state index >= 15 is 0 Å². The van der Waals surface area contributed by atoms with Gasteiger partial charge in [-0.3, -0.25) is 0 Å². The summed E-state index contributed by atoms with van der Waals surface area (Å²) >= 11 is 0. The third kappa shape index (κ3) is 1.12. The first kappa shape index (κ1) is 7.50. The van der Waals surface area contributed by atoms with E-state index in [-0.39, 0.29) is 13.0 Å². The van der Waals surface area contributed by atoms with E-state index in [4.69, 9.17) is 14.9 Å². The summed E-state index contributed by atoms with van der Waals surface area (Å²) in [5.41, 5.74) is -1.17. The molecule has 2 atom stereocenters. The molecular formula is C6H10O4. The summed E-state index contributed by atoms with van der Waals surface area (Å²) in [6, 6.07) is 0. The molecule has 0 aliphatic carbocycles. The average molecular weight is 146 g/mol. The first-order valence-electron chi connectivity index (χ1n) is 3.10. The van der Waals surface area contributed by atoms with Crippen LogP contribution in [0.15, 0.2) is 0 Å². The Balaban J connectivity index is 2.63. The van der Waals surface area contributed by atoms with Crippen molar-refractivity contribution >= 4 is 5.97 Å². The Kier molecular flexibility index (Phi) is 1.66. The number of ether oxygens (including phenoxy) is 1. The van der Waals surface area contributed by atoms with Crippen LogP contribution in [0.4, 0.5) is 0 Å². The fraction of sp³-hybridized carbons (Fsp3) is 0.833. The number of aliphatic carboxylic acids is 1. The van der Waals surface area contributed by atoms with Gasteiger partial charge in [-0.15, -0.1) is 0 Å². The van der Waals surface area contributed by atoms with Gasteiger partial charge in [-0.05, 0) is 6.92 Å².